The lowest BCUT2D eigenvalue weighted by atomic mass is 10.5. The van der Waals surface area contributed by atoms with E-state index in [4.69, 9.17) is 5.73 Å². The standard InChI is InChI=1S/C6H9N3OS.ClH/c7-1-2-8-5(10)6-9-3-4-11-6;/h3-4H,1-2,7H2,(H,8,10);1H. The normalized spacial score (nSPS) is 8.75. The van der Waals surface area contributed by atoms with Crippen molar-refractivity contribution in [3.05, 3.63) is 16.6 Å². The second kappa shape index (κ2) is 5.93. The zero-order valence-corrected chi connectivity index (χ0v) is 7.95. The molecule has 0 aromatic carbocycles. The summed E-state index contributed by atoms with van der Waals surface area (Å²) in [5.41, 5.74) is 5.20. The number of rotatable bonds is 3. The molecule has 1 heterocycles. The summed E-state index contributed by atoms with van der Waals surface area (Å²) >= 11 is 1.32. The molecule has 1 rings (SSSR count). The summed E-state index contributed by atoms with van der Waals surface area (Å²) in [4.78, 5) is 14.9. The van der Waals surface area contributed by atoms with Gasteiger partial charge in [-0.15, -0.1) is 23.7 Å². The lowest BCUT2D eigenvalue weighted by Crippen LogP contribution is -2.28. The van der Waals surface area contributed by atoms with Crippen molar-refractivity contribution in [1.29, 1.82) is 0 Å². The highest BCUT2D eigenvalue weighted by Crippen LogP contribution is 2.02. The molecule has 1 amide bonds. The predicted octanol–water partition coefficient (Wildman–Crippen LogP) is 0.253. The van der Waals surface area contributed by atoms with Crippen LogP contribution in [0, 0.1) is 0 Å². The zero-order valence-electron chi connectivity index (χ0n) is 6.32. The smallest absolute Gasteiger partial charge is 0.280 e. The molecule has 0 fully saturated rings. The molecule has 1 aromatic heterocycles. The fraction of sp³-hybridized carbons (Fsp3) is 0.333. The van der Waals surface area contributed by atoms with Crippen LogP contribution in [-0.2, 0) is 0 Å². The number of nitrogens with one attached hydrogen (secondary N) is 1. The van der Waals surface area contributed by atoms with Gasteiger partial charge in [0.1, 0.15) is 0 Å². The van der Waals surface area contributed by atoms with Crippen LogP contribution in [0.2, 0.25) is 0 Å². The minimum atomic E-state index is -0.148. The van der Waals surface area contributed by atoms with E-state index in [-0.39, 0.29) is 18.3 Å². The van der Waals surface area contributed by atoms with Crippen LogP contribution in [0.25, 0.3) is 0 Å². The first kappa shape index (κ1) is 11.4. The number of carbonyl (C=O) groups is 1. The molecule has 0 bridgehead atoms. The number of thiazole rings is 1. The maximum Gasteiger partial charge on any atom is 0.280 e. The van der Waals surface area contributed by atoms with Crippen molar-refractivity contribution < 1.29 is 4.79 Å². The summed E-state index contributed by atoms with van der Waals surface area (Å²) in [6.07, 6.45) is 1.60. The molecule has 0 saturated heterocycles. The highest BCUT2D eigenvalue weighted by Gasteiger charge is 2.05. The first-order chi connectivity index (χ1) is 5.34. The van der Waals surface area contributed by atoms with E-state index in [1.165, 1.54) is 11.3 Å². The van der Waals surface area contributed by atoms with Gasteiger partial charge in [0.25, 0.3) is 5.91 Å². The SMILES string of the molecule is Cl.NCCNC(=O)c1nccs1. The van der Waals surface area contributed by atoms with Gasteiger partial charge < -0.3 is 11.1 Å². The average molecular weight is 208 g/mol. The van der Waals surface area contributed by atoms with Crippen molar-refractivity contribution in [2.45, 2.75) is 0 Å². The van der Waals surface area contributed by atoms with Gasteiger partial charge in [0.15, 0.2) is 5.01 Å². The Balaban J connectivity index is 0.00000121. The van der Waals surface area contributed by atoms with E-state index >= 15 is 0 Å². The second-order valence-electron chi connectivity index (χ2n) is 1.88. The molecule has 1 aromatic rings. The molecular weight excluding hydrogens is 198 g/mol. The van der Waals surface area contributed by atoms with Crippen molar-refractivity contribution in [1.82, 2.24) is 10.3 Å². The average Bonchev–Trinajstić information content (AvgIpc) is 2.52. The number of nitrogens with two attached hydrogens (primary N) is 1. The molecule has 68 valence electrons. The molecule has 0 unspecified atom stereocenters. The van der Waals surface area contributed by atoms with Crippen LogP contribution in [0.1, 0.15) is 9.80 Å². The summed E-state index contributed by atoms with van der Waals surface area (Å²) in [6, 6.07) is 0. The van der Waals surface area contributed by atoms with Gasteiger partial charge in [0.2, 0.25) is 0 Å². The predicted molar refractivity (Wildman–Crippen MR) is 50.7 cm³/mol. The Morgan fingerprint density at radius 1 is 1.75 bits per heavy atom. The molecule has 0 aliphatic heterocycles. The van der Waals surface area contributed by atoms with Crippen LogP contribution < -0.4 is 11.1 Å². The molecule has 0 aliphatic rings. The van der Waals surface area contributed by atoms with Crippen molar-refractivity contribution >= 4 is 29.7 Å². The summed E-state index contributed by atoms with van der Waals surface area (Å²) in [6.45, 7) is 0.954. The lowest BCUT2D eigenvalue weighted by molar-refractivity contribution is 0.0954. The summed E-state index contributed by atoms with van der Waals surface area (Å²) in [5, 5.41) is 4.86. The largest absolute Gasteiger partial charge is 0.349 e. The minimum absolute atomic E-state index is 0. The third-order valence-electron chi connectivity index (χ3n) is 1.06. The highest BCUT2D eigenvalue weighted by molar-refractivity contribution is 7.11. The molecule has 0 atom stereocenters. The first-order valence-electron chi connectivity index (χ1n) is 3.22. The summed E-state index contributed by atoms with van der Waals surface area (Å²) in [5.74, 6) is -0.148. The Labute approximate surface area is 80.6 Å². The monoisotopic (exact) mass is 207 g/mol. The van der Waals surface area contributed by atoms with Crippen LogP contribution >= 0.6 is 23.7 Å². The Hall–Kier alpha value is -0.650. The molecule has 3 N–H and O–H groups in total. The molecule has 12 heavy (non-hydrogen) atoms. The Bertz CT molecular complexity index is 227. The fourth-order valence-electron chi connectivity index (χ4n) is 0.597. The number of hydrogen-bond acceptors (Lipinski definition) is 4. The second-order valence-corrected chi connectivity index (χ2v) is 2.78. The number of nitrogens with zero attached hydrogens (tertiary/aromatic N) is 1. The molecule has 0 radical (unpaired) electrons. The van der Waals surface area contributed by atoms with E-state index in [1.54, 1.807) is 11.6 Å². The van der Waals surface area contributed by atoms with E-state index < -0.39 is 0 Å². The number of carbonyl (C=O) groups excluding carboxylic acids is 1. The van der Waals surface area contributed by atoms with Crippen molar-refractivity contribution in [2.24, 2.45) is 5.73 Å². The summed E-state index contributed by atoms with van der Waals surface area (Å²) < 4.78 is 0. The van der Waals surface area contributed by atoms with Crippen molar-refractivity contribution in [3.8, 4) is 0 Å². The number of halogens is 1. The van der Waals surface area contributed by atoms with Gasteiger partial charge >= 0.3 is 0 Å². The molecular formula is C6H10ClN3OS. The van der Waals surface area contributed by atoms with Crippen LogP contribution in [0.5, 0.6) is 0 Å². The highest BCUT2D eigenvalue weighted by atomic mass is 35.5. The van der Waals surface area contributed by atoms with Crippen LogP contribution in [0.3, 0.4) is 0 Å². The van der Waals surface area contributed by atoms with Gasteiger partial charge in [-0.1, -0.05) is 0 Å². The Morgan fingerprint density at radius 2 is 2.50 bits per heavy atom. The lowest BCUT2D eigenvalue weighted by Gasteiger charge is -1.97. The topological polar surface area (TPSA) is 68.0 Å². The Morgan fingerprint density at radius 3 is 3.00 bits per heavy atom. The maximum atomic E-state index is 11.0. The maximum absolute atomic E-state index is 11.0. The van der Waals surface area contributed by atoms with Crippen molar-refractivity contribution in [3.63, 3.8) is 0 Å². The molecule has 0 spiro atoms. The molecule has 0 saturated carbocycles. The number of aromatic nitrogens is 1. The van der Waals surface area contributed by atoms with Gasteiger partial charge in [0, 0.05) is 24.7 Å². The van der Waals surface area contributed by atoms with E-state index in [1.807, 2.05) is 0 Å². The minimum Gasteiger partial charge on any atom is -0.349 e. The van der Waals surface area contributed by atoms with Gasteiger partial charge in [0.05, 0.1) is 0 Å². The molecule has 6 heteroatoms. The van der Waals surface area contributed by atoms with E-state index in [2.05, 4.69) is 10.3 Å². The van der Waals surface area contributed by atoms with Crippen molar-refractivity contribution in [2.75, 3.05) is 13.1 Å². The number of amides is 1. The first-order valence-corrected chi connectivity index (χ1v) is 4.10. The van der Waals surface area contributed by atoms with Gasteiger partial charge in [-0.05, 0) is 0 Å². The van der Waals surface area contributed by atoms with Crippen LogP contribution in [-0.4, -0.2) is 24.0 Å². The Kier molecular flexibility index (Phi) is 5.61. The van der Waals surface area contributed by atoms with E-state index in [0.717, 1.165) is 0 Å². The van der Waals surface area contributed by atoms with E-state index in [9.17, 15) is 4.79 Å². The van der Waals surface area contributed by atoms with Gasteiger partial charge in [-0.3, -0.25) is 4.79 Å². The van der Waals surface area contributed by atoms with Gasteiger partial charge in [-0.25, -0.2) is 4.98 Å². The van der Waals surface area contributed by atoms with Crippen LogP contribution in [0.15, 0.2) is 11.6 Å². The van der Waals surface area contributed by atoms with Crippen LogP contribution in [0.4, 0.5) is 0 Å². The molecule has 4 nitrogen and oxygen atoms in total. The third-order valence-corrected chi connectivity index (χ3v) is 1.83. The molecule has 0 aliphatic carbocycles. The fourth-order valence-corrected chi connectivity index (χ4v) is 1.15. The van der Waals surface area contributed by atoms with E-state index in [0.29, 0.717) is 18.1 Å². The zero-order chi connectivity index (χ0) is 8.10. The number of hydrogen-bond donors (Lipinski definition) is 2. The van der Waals surface area contributed by atoms with Gasteiger partial charge in [-0.2, -0.15) is 0 Å². The summed E-state index contributed by atoms with van der Waals surface area (Å²) in [7, 11) is 0. The quantitative estimate of drug-likeness (QED) is 0.747. The third kappa shape index (κ3) is 3.17.